The monoisotopic (exact) mass is 502 g/mol. The summed E-state index contributed by atoms with van der Waals surface area (Å²) in [6.07, 6.45) is -5.43. The average molecular weight is 502 g/mol. The van der Waals surface area contributed by atoms with Crippen molar-refractivity contribution in [3.63, 3.8) is 0 Å². The molecule has 0 heterocycles. The Morgan fingerprint density at radius 2 is 1.40 bits per heavy atom. The van der Waals surface area contributed by atoms with E-state index < -0.39 is 52.9 Å². The van der Waals surface area contributed by atoms with Crippen LogP contribution in [0.4, 0.5) is 35.1 Å². The van der Waals surface area contributed by atoms with Gasteiger partial charge in [0.2, 0.25) is 0 Å². The van der Waals surface area contributed by atoms with Crippen LogP contribution in [0.2, 0.25) is 0 Å². The van der Waals surface area contributed by atoms with Gasteiger partial charge in [-0.25, -0.2) is 26.3 Å². The molecule has 0 aliphatic heterocycles. The molecule has 3 aromatic carbocycles. The summed E-state index contributed by atoms with van der Waals surface area (Å²) in [5.74, 6) is -8.70. The van der Waals surface area contributed by atoms with E-state index in [9.17, 15) is 35.1 Å². The molecule has 0 radical (unpaired) electrons. The van der Waals surface area contributed by atoms with E-state index in [1.54, 1.807) is 24.3 Å². The fourth-order valence-corrected chi connectivity index (χ4v) is 3.24. The van der Waals surface area contributed by atoms with Gasteiger partial charge in [-0.15, -0.1) is 0 Å². The van der Waals surface area contributed by atoms with Crippen molar-refractivity contribution in [1.29, 1.82) is 0 Å². The molecule has 0 fully saturated rings. The van der Waals surface area contributed by atoms with Crippen LogP contribution in [-0.2, 0) is 12.5 Å². The third-order valence-electron chi connectivity index (χ3n) is 4.79. The lowest BCUT2D eigenvalue weighted by molar-refractivity contribution is -0.189. The van der Waals surface area contributed by atoms with Crippen LogP contribution in [0, 0.1) is 23.3 Å². The second-order valence-corrected chi connectivity index (χ2v) is 7.38. The molecule has 3 aromatic rings. The van der Waals surface area contributed by atoms with E-state index in [-0.39, 0.29) is 23.8 Å². The number of aryl methyl sites for hydroxylation is 1. The van der Waals surface area contributed by atoms with Crippen molar-refractivity contribution in [2.45, 2.75) is 32.3 Å². The number of ether oxygens (including phenoxy) is 2. The SMILES string of the molecule is CCCc1ccc(-c2cc(F)c(C(F)(F)Oc3cc(F)c(OC=CC(F)F)c(F)c3)c(F)c2)cc1. The maximum absolute atomic E-state index is 14.6. The Labute approximate surface area is 195 Å². The minimum absolute atomic E-state index is 0.00181. The summed E-state index contributed by atoms with van der Waals surface area (Å²) in [5, 5.41) is 0. The number of hydrogen-bond acceptors (Lipinski definition) is 2. The third-order valence-corrected chi connectivity index (χ3v) is 4.79. The van der Waals surface area contributed by atoms with Crippen molar-refractivity contribution < 1.29 is 44.6 Å². The summed E-state index contributed by atoms with van der Waals surface area (Å²) in [6.45, 7) is 1.98. The van der Waals surface area contributed by atoms with Crippen molar-refractivity contribution in [2.75, 3.05) is 0 Å². The van der Waals surface area contributed by atoms with Crippen LogP contribution in [0.15, 0.2) is 60.9 Å². The van der Waals surface area contributed by atoms with Gasteiger partial charge in [-0.05, 0) is 35.2 Å². The van der Waals surface area contributed by atoms with Gasteiger partial charge in [0.15, 0.2) is 17.4 Å². The van der Waals surface area contributed by atoms with Crippen molar-refractivity contribution in [1.82, 2.24) is 0 Å². The molecule has 0 aromatic heterocycles. The van der Waals surface area contributed by atoms with Crippen molar-refractivity contribution >= 4 is 0 Å². The Balaban J connectivity index is 1.86. The van der Waals surface area contributed by atoms with Crippen molar-refractivity contribution in [3.8, 4) is 22.6 Å². The molecular weight excluding hydrogens is 484 g/mol. The number of rotatable bonds is 9. The fraction of sp³-hybridized carbons (Fsp3) is 0.200. The molecule has 186 valence electrons. The summed E-state index contributed by atoms with van der Waals surface area (Å²) in [5.41, 5.74) is -0.378. The van der Waals surface area contributed by atoms with E-state index >= 15 is 0 Å². The maximum atomic E-state index is 14.6. The molecule has 2 nitrogen and oxygen atoms in total. The Kier molecular flexibility index (Phi) is 8.03. The molecule has 0 N–H and O–H groups in total. The predicted octanol–water partition coefficient (Wildman–Crippen LogP) is 8.15. The highest BCUT2D eigenvalue weighted by Crippen LogP contribution is 2.38. The molecule has 0 aliphatic rings. The minimum Gasteiger partial charge on any atom is -0.459 e. The van der Waals surface area contributed by atoms with E-state index in [1.807, 2.05) is 6.92 Å². The summed E-state index contributed by atoms with van der Waals surface area (Å²) in [4.78, 5) is 0. The normalized spacial score (nSPS) is 11.9. The van der Waals surface area contributed by atoms with Crippen LogP contribution in [0.25, 0.3) is 11.1 Å². The zero-order valence-electron chi connectivity index (χ0n) is 18.1. The Morgan fingerprint density at radius 3 is 1.91 bits per heavy atom. The van der Waals surface area contributed by atoms with Crippen LogP contribution in [0.3, 0.4) is 0 Å². The highest BCUT2D eigenvalue weighted by atomic mass is 19.3. The molecule has 0 unspecified atom stereocenters. The second-order valence-electron chi connectivity index (χ2n) is 7.38. The van der Waals surface area contributed by atoms with Crippen molar-refractivity contribution in [3.05, 3.63) is 95.3 Å². The summed E-state index contributed by atoms with van der Waals surface area (Å²) in [7, 11) is 0. The van der Waals surface area contributed by atoms with Gasteiger partial charge in [0, 0.05) is 18.2 Å². The zero-order chi connectivity index (χ0) is 25.8. The van der Waals surface area contributed by atoms with Gasteiger partial charge in [-0.1, -0.05) is 37.6 Å². The van der Waals surface area contributed by atoms with Crippen LogP contribution < -0.4 is 9.47 Å². The second kappa shape index (κ2) is 10.8. The third kappa shape index (κ3) is 6.32. The van der Waals surface area contributed by atoms with Gasteiger partial charge in [-0.2, -0.15) is 8.78 Å². The summed E-state index contributed by atoms with van der Waals surface area (Å²) in [6, 6.07) is 8.59. The van der Waals surface area contributed by atoms with Crippen LogP contribution in [-0.4, -0.2) is 6.43 Å². The molecule has 0 atom stereocenters. The number of alkyl halides is 4. The van der Waals surface area contributed by atoms with Crippen LogP contribution in [0.5, 0.6) is 11.5 Å². The van der Waals surface area contributed by atoms with E-state index in [0.29, 0.717) is 24.0 Å². The number of halogens is 8. The minimum atomic E-state index is -4.66. The van der Waals surface area contributed by atoms with Gasteiger partial charge >= 0.3 is 6.11 Å². The summed E-state index contributed by atoms with van der Waals surface area (Å²) < 4.78 is 119. The molecular formula is C25H18F8O2. The smallest absolute Gasteiger partial charge is 0.432 e. The molecule has 0 bridgehead atoms. The lowest BCUT2D eigenvalue weighted by Crippen LogP contribution is -2.25. The Bertz CT molecular complexity index is 1160. The highest BCUT2D eigenvalue weighted by Gasteiger charge is 2.41. The molecule has 0 saturated carbocycles. The van der Waals surface area contributed by atoms with E-state index in [0.717, 1.165) is 18.4 Å². The number of allylic oxidation sites excluding steroid dienone is 1. The Morgan fingerprint density at radius 1 is 0.829 bits per heavy atom. The van der Waals surface area contributed by atoms with E-state index in [4.69, 9.17) is 0 Å². The molecule has 0 aliphatic carbocycles. The first-order valence-corrected chi connectivity index (χ1v) is 10.3. The van der Waals surface area contributed by atoms with Crippen molar-refractivity contribution in [2.24, 2.45) is 0 Å². The van der Waals surface area contributed by atoms with E-state index in [1.165, 1.54) is 0 Å². The molecule has 10 heteroatoms. The quantitative estimate of drug-likeness (QED) is 0.217. The van der Waals surface area contributed by atoms with Crippen LogP contribution >= 0.6 is 0 Å². The first kappa shape index (κ1) is 26.1. The largest absolute Gasteiger partial charge is 0.459 e. The molecule has 0 saturated heterocycles. The zero-order valence-corrected chi connectivity index (χ0v) is 18.1. The molecule has 0 spiro atoms. The van der Waals surface area contributed by atoms with Gasteiger partial charge in [0.05, 0.1) is 6.26 Å². The lowest BCUT2D eigenvalue weighted by atomic mass is 10.00. The van der Waals surface area contributed by atoms with Gasteiger partial charge in [0.1, 0.15) is 22.9 Å². The highest BCUT2D eigenvalue weighted by molar-refractivity contribution is 5.64. The number of benzene rings is 3. The fourth-order valence-electron chi connectivity index (χ4n) is 3.24. The van der Waals surface area contributed by atoms with Crippen LogP contribution in [0.1, 0.15) is 24.5 Å². The first-order valence-electron chi connectivity index (χ1n) is 10.3. The average Bonchev–Trinajstić information content (AvgIpc) is 2.75. The first-order chi connectivity index (χ1) is 16.5. The summed E-state index contributed by atoms with van der Waals surface area (Å²) >= 11 is 0. The van der Waals surface area contributed by atoms with Gasteiger partial charge in [0.25, 0.3) is 6.43 Å². The van der Waals surface area contributed by atoms with Gasteiger partial charge in [-0.3, -0.25) is 0 Å². The topological polar surface area (TPSA) is 18.5 Å². The maximum Gasteiger partial charge on any atom is 0.432 e. The standard InChI is InChI=1S/C25H18F8O2/c1-2-3-14-4-6-15(7-5-14)16-10-18(26)23(19(27)11-16)25(32,33)35-17-12-20(28)24(21(29)13-17)34-9-8-22(30)31/h4-13,22H,2-3H2,1H3. The lowest BCUT2D eigenvalue weighted by Gasteiger charge is -2.20. The Hall–Kier alpha value is -3.56. The van der Waals surface area contributed by atoms with Gasteiger partial charge < -0.3 is 9.47 Å². The van der Waals surface area contributed by atoms with E-state index in [2.05, 4.69) is 9.47 Å². The predicted molar refractivity (Wildman–Crippen MR) is 112 cm³/mol. The molecule has 0 amide bonds. The number of hydrogen-bond donors (Lipinski definition) is 0. The molecule has 3 rings (SSSR count). The molecule has 35 heavy (non-hydrogen) atoms.